The van der Waals surface area contributed by atoms with Crippen LogP contribution in [0.2, 0.25) is 0 Å². The van der Waals surface area contributed by atoms with Gasteiger partial charge in [0.15, 0.2) is 11.5 Å². The molecule has 0 saturated carbocycles. The lowest BCUT2D eigenvalue weighted by Gasteiger charge is -2.15. The van der Waals surface area contributed by atoms with Crippen molar-refractivity contribution < 1.29 is 9.47 Å². The summed E-state index contributed by atoms with van der Waals surface area (Å²) in [4.78, 5) is 11.4. The molecule has 2 heterocycles. The molecule has 0 amide bonds. The fraction of sp³-hybridized carbons (Fsp3) is 0.217. The van der Waals surface area contributed by atoms with Crippen LogP contribution in [0.25, 0.3) is 16.9 Å². The van der Waals surface area contributed by atoms with Gasteiger partial charge in [0.2, 0.25) is 5.95 Å². The van der Waals surface area contributed by atoms with Crippen molar-refractivity contribution in [1.29, 1.82) is 0 Å². The summed E-state index contributed by atoms with van der Waals surface area (Å²) >= 11 is 0. The van der Waals surface area contributed by atoms with Gasteiger partial charge in [0.05, 0.1) is 19.9 Å². The SMILES string of the molecule is C.COc1ccc(-c2cc3nccn3c(Nc3cccc(N(C)C)c3)n2)cc1OC. The van der Waals surface area contributed by atoms with Crippen LogP contribution in [0.1, 0.15) is 7.43 Å². The lowest BCUT2D eigenvalue weighted by Crippen LogP contribution is -2.09. The van der Waals surface area contributed by atoms with Crippen LogP contribution < -0.4 is 19.7 Å². The van der Waals surface area contributed by atoms with Crippen molar-refractivity contribution in [3.63, 3.8) is 0 Å². The highest BCUT2D eigenvalue weighted by molar-refractivity contribution is 5.71. The number of hydrogen-bond acceptors (Lipinski definition) is 6. The number of ether oxygens (including phenoxy) is 2. The van der Waals surface area contributed by atoms with Gasteiger partial charge in [0.1, 0.15) is 5.65 Å². The highest BCUT2D eigenvalue weighted by atomic mass is 16.5. The van der Waals surface area contributed by atoms with Gasteiger partial charge in [-0.3, -0.25) is 4.40 Å². The van der Waals surface area contributed by atoms with E-state index in [9.17, 15) is 0 Å². The van der Waals surface area contributed by atoms with Crippen molar-refractivity contribution >= 4 is 23.0 Å². The molecule has 2 aromatic heterocycles. The normalized spacial score (nSPS) is 10.4. The maximum absolute atomic E-state index is 5.44. The van der Waals surface area contributed by atoms with Gasteiger partial charge in [-0.2, -0.15) is 0 Å². The second-order valence-electron chi connectivity index (χ2n) is 6.76. The summed E-state index contributed by atoms with van der Waals surface area (Å²) in [5.74, 6) is 2.01. The zero-order valence-corrected chi connectivity index (χ0v) is 16.9. The summed E-state index contributed by atoms with van der Waals surface area (Å²) in [5, 5.41) is 3.42. The van der Waals surface area contributed by atoms with Crippen molar-refractivity contribution in [3.05, 3.63) is 60.9 Å². The molecule has 0 fully saturated rings. The average Bonchev–Trinajstić information content (AvgIpc) is 3.22. The minimum Gasteiger partial charge on any atom is -0.493 e. The molecule has 4 rings (SSSR count). The third-order valence-electron chi connectivity index (χ3n) is 4.69. The maximum Gasteiger partial charge on any atom is 0.213 e. The van der Waals surface area contributed by atoms with Gasteiger partial charge in [-0.05, 0) is 36.4 Å². The molecule has 30 heavy (non-hydrogen) atoms. The number of hydrogen-bond donors (Lipinski definition) is 1. The zero-order chi connectivity index (χ0) is 20.4. The first-order chi connectivity index (χ1) is 14.1. The summed E-state index contributed by atoms with van der Waals surface area (Å²) in [6.45, 7) is 0. The number of nitrogens with one attached hydrogen (secondary N) is 1. The number of benzene rings is 2. The standard InChI is InChI=1S/C22H23N5O2.CH4/c1-26(2)17-7-5-6-16(13-17)24-22-25-18(14-21-23-10-11-27(21)22)15-8-9-19(28-3)20(12-15)29-4;/h5-14H,1-4H3,(H,24,25);1H4. The quantitative estimate of drug-likeness (QED) is 0.494. The van der Waals surface area contributed by atoms with Crippen molar-refractivity contribution in [3.8, 4) is 22.8 Å². The van der Waals surface area contributed by atoms with Gasteiger partial charge >= 0.3 is 0 Å². The second kappa shape index (κ2) is 8.73. The molecule has 2 aromatic carbocycles. The van der Waals surface area contributed by atoms with E-state index in [1.807, 2.05) is 61.1 Å². The Labute approximate surface area is 176 Å². The van der Waals surface area contributed by atoms with Crippen molar-refractivity contribution in [2.24, 2.45) is 0 Å². The third-order valence-corrected chi connectivity index (χ3v) is 4.69. The van der Waals surface area contributed by atoms with Gasteiger partial charge in [-0.1, -0.05) is 13.5 Å². The minimum atomic E-state index is 0. The number of imidazole rings is 1. The van der Waals surface area contributed by atoms with Crippen molar-refractivity contribution in [2.75, 3.05) is 38.5 Å². The largest absolute Gasteiger partial charge is 0.493 e. The fourth-order valence-corrected chi connectivity index (χ4v) is 3.15. The lowest BCUT2D eigenvalue weighted by molar-refractivity contribution is 0.355. The molecule has 7 nitrogen and oxygen atoms in total. The molecule has 156 valence electrons. The Balaban J connectivity index is 0.00000256. The monoisotopic (exact) mass is 405 g/mol. The van der Waals surface area contributed by atoms with Crippen LogP contribution in [-0.2, 0) is 0 Å². The van der Waals surface area contributed by atoms with E-state index in [0.717, 1.165) is 28.3 Å². The van der Waals surface area contributed by atoms with Crippen molar-refractivity contribution in [1.82, 2.24) is 14.4 Å². The van der Waals surface area contributed by atoms with E-state index < -0.39 is 0 Å². The Morgan fingerprint density at radius 1 is 0.967 bits per heavy atom. The topological polar surface area (TPSA) is 63.9 Å². The Morgan fingerprint density at radius 3 is 2.50 bits per heavy atom. The molecule has 0 aliphatic rings. The number of fused-ring (bicyclic) bond motifs is 1. The van der Waals surface area contributed by atoms with Gasteiger partial charge in [-0.25, -0.2) is 9.97 Å². The number of anilines is 3. The van der Waals surface area contributed by atoms with E-state index in [4.69, 9.17) is 14.5 Å². The Bertz CT molecular complexity index is 1150. The molecule has 0 aliphatic carbocycles. The zero-order valence-electron chi connectivity index (χ0n) is 16.9. The van der Waals surface area contributed by atoms with Crippen molar-refractivity contribution in [2.45, 2.75) is 7.43 Å². The molecule has 7 heteroatoms. The molecular weight excluding hydrogens is 378 g/mol. The van der Waals surface area contributed by atoms with E-state index in [2.05, 4.69) is 27.3 Å². The average molecular weight is 406 g/mol. The molecule has 0 saturated heterocycles. The Kier molecular flexibility index (Phi) is 6.11. The highest BCUT2D eigenvalue weighted by Crippen LogP contribution is 2.33. The number of aromatic nitrogens is 3. The Hall–Kier alpha value is -3.74. The van der Waals surface area contributed by atoms with Crippen LogP contribution in [-0.4, -0.2) is 42.7 Å². The van der Waals surface area contributed by atoms with E-state index in [0.29, 0.717) is 17.4 Å². The van der Waals surface area contributed by atoms with E-state index >= 15 is 0 Å². The van der Waals surface area contributed by atoms with Gasteiger partial charge in [-0.15, -0.1) is 0 Å². The summed E-state index contributed by atoms with van der Waals surface area (Å²) in [5.41, 5.74) is 4.56. The summed E-state index contributed by atoms with van der Waals surface area (Å²) < 4.78 is 12.7. The Morgan fingerprint density at radius 2 is 1.77 bits per heavy atom. The van der Waals surface area contributed by atoms with Gasteiger partial charge in [0.25, 0.3) is 0 Å². The first-order valence-corrected chi connectivity index (χ1v) is 9.20. The third kappa shape index (κ3) is 4.00. The minimum absolute atomic E-state index is 0. The fourth-order valence-electron chi connectivity index (χ4n) is 3.15. The second-order valence-corrected chi connectivity index (χ2v) is 6.76. The predicted molar refractivity (Wildman–Crippen MR) is 122 cm³/mol. The molecule has 0 radical (unpaired) electrons. The molecular formula is C23H27N5O2. The van der Waals surface area contributed by atoms with Crippen LogP contribution in [0.15, 0.2) is 60.9 Å². The van der Waals surface area contributed by atoms with Gasteiger partial charge in [0, 0.05) is 49.5 Å². The predicted octanol–water partition coefficient (Wildman–Crippen LogP) is 4.86. The number of nitrogens with zero attached hydrogens (tertiary/aromatic N) is 4. The summed E-state index contributed by atoms with van der Waals surface area (Å²) in [7, 11) is 7.28. The van der Waals surface area contributed by atoms with E-state index in [1.54, 1.807) is 20.4 Å². The lowest BCUT2D eigenvalue weighted by atomic mass is 10.1. The van der Waals surface area contributed by atoms with Crippen LogP contribution in [0.4, 0.5) is 17.3 Å². The first-order valence-electron chi connectivity index (χ1n) is 9.20. The molecule has 4 aromatic rings. The van der Waals surface area contributed by atoms with E-state index in [1.165, 1.54) is 0 Å². The number of methoxy groups -OCH3 is 2. The first kappa shape index (κ1) is 21.0. The van der Waals surface area contributed by atoms with Crippen LogP contribution >= 0.6 is 0 Å². The molecule has 0 atom stereocenters. The molecule has 0 aliphatic heterocycles. The smallest absolute Gasteiger partial charge is 0.213 e. The van der Waals surface area contributed by atoms with E-state index in [-0.39, 0.29) is 7.43 Å². The molecule has 0 unspecified atom stereocenters. The molecule has 0 spiro atoms. The number of rotatable bonds is 6. The summed E-state index contributed by atoms with van der Waals surface area (Å²) in [6.07, 6.45) is 3.65. The molecule has 1 N–H and O–H groups in total. The van der Waals surface area contributed by atoms with Crippen LogP contribution in [0.3, 0.4) is 0 Å². The van der Waals surface area contributed by atoms with Gasteiger partial charge < -0.3 is 19.7 Å². The highest BCUT2D eigenvalue weighted by Gasteiger charge is 2.12. The van der Waals surface area contributed by atoms with Crippen LogP contribution in [0.5, 0.6) is 11.5 Å². The summed E-state index contributed by atoms with van der Waals surface area (Å²) in [6, 6.07) is 15.9. The molecule has 0 bridgehead atoms. The maximum atomic E-state index is 5.44. The van der Waals surface area contributed by atoms with Crippen LogP contribution in [0, 0.1) is 0 Å².